The number of carboxylic acids is 1. The van der Waals surface area contributed by atoms with Gasteiger partial charge in [-0.05, 0) is 12.0 Å². The maximum atomic E-state index is 10.7. The molecule has 0 aromatic carbocycles. The van der Waals surface area contributed by atoms with Crippen LogP contribution in [0.4, 0.5) is 0 Å². The fourth-order valence-corrected chi connectivity index (χ4v) is 1.66. The number of fused-ring (bicyclic) bond motifs is 1. The molecule has 1 N–H and O–H groups in total. The van der Waals surface area contributed by atoms with Gasteiger partial charge in [-0.1, -0.05) is 13.8 Å². The zero-order chi connectivity index (χ0) is 11.0. The molecule has 1 aromatic heterocycles. The van der Waals surface area contributed by atoms with E-state index in [4.69, 9.17) is 9.84 Å². The summed E-state index contributed by atoms with van der Waals surface area (Å²) in [5.74, 6) is 0.373. The average Bonchev–Trinajstić information content (AvgIpc) is 2.23. The molecule has 0 bridgehead atoms. The highest BCUT2D eigenvalue weighted by Crippen LogP contribution is 2.35. The van der Waals surface area contributed by atoms with E-state index in [-0.39, 0.29) is 5.56 Å². The number of pyridine rings is 1. The second-order valence-corrected chi connectivity index (χ2v) is 3.99. The third-order valence-corrected chi connectivity index (χ3v) is 2.92. The first-order valence-electron chi connectivity index (χ1n) is 4.95. The predicted molar refractivity (Wildman–Crippen MR) is 54.3 cm³/mol. The van der Waals surface area contributed by atoms with Gasteiger partial charge < -0.3 is 9.84 Å². The summed E-state index contributed by atoms with van der Waals surface area (Å²) >= 11 is 0. The van der Waals surface area contributed by atoms with Crippen LogP contribution in [0.1, 0.15) is 35.8 Å². The number of carboxylic acid groups (broad SMARTS) is 1. The van der Waals surface area contributed by atoms with Gasteiger partial charge in [-0.3, -0.25) is 4.98 Å². The molecule has 1 aromatic rings. The molecule has 2 atom stereocenters. The molecule has 2 heterocycles. The minimum atomic E-state index is -0.972. The van der Waals surface area contributed by atoms with Gasteiger partial charge in [0.2, 0.25) is 0 Å². The molecule has 2 unspecified atom stereocenters. The minimum absolute atomic E-state index is 0.176. The van der Waals surface area contributed by atoms with Gasteiger partial charge in [-0.25, -0.2) is 4.79 Å². The third kappa shape index (κ3) is 1.67. The summed E-state index contributed by atoms with van der Waals surface area (Å²) in [7, 11) is 0. The quantitative estimate of drug-likeness (QED) is 0.764. The van der Waals surface area contributed by atoms with Crippen LogP contribution in [0.15, 0.2) is 12.3 Å². The first-order chi connectivity index (χ1) is 7.09. The van der Waals surface area contributed by atoms with Gasteiger partial charge in [-0.15, -0.1) is 0 Å². The molecule has 1 aliphatic rings. The van der Waals surface area contributed by atoms with Crippen LogP contribution < -0.4 is 4.74 Å². The highest BCUT2D eigenvalue weighted by Gasteiger charge is 2.26. The third-order valence-electron chi connectivity index (χ3n) is 2.92. The zero-order valence-corrected chi connectivity index (χ0v) is 8.73. The fraction of sp³-hybridized carbons (Fsp3) is 0.455. The van der Waals surface area contributed by atoms with Gasteiger partial charge in [0.15, 0.2) is 0 Å². The topological polar surface area (TPSA) is 59.4 Å². The summed E-state index contributed by atoms with van der Waals surface area (Å²) in [6.45, 7) is 4.80. The van der Waals surface area contributed by atoms with E-state index in [1.54, 1.807) is 6.07 Å². The molecule has 0 saturated carbocycles. The smallest absolute Gasteiger partial charge is 0.337 e. The van der Waals surface area contributed by atoms with Gasteiger partial charge in [-0.2, -0.15) is 0 Å². The molecule has 2 rings (SSSR count). The lowest BCUT2D eigenvalue weighted by molar-refractivity contribution is 0.0695. The summed E-state index contributed by atoms with van der Waals surface area (Å²) in [6.07, 6.45) is 1.39. The number of aromatic carboxylic acids is 1. The van der Waals surface area contributed by atoms with Crippen molar-refractivity contribution in [3.05, 3.63) is 23.5 Å². The van der Waals surface area contributed by atoms with Crippen molar-refractivity contribution in [1.29, 1.82) is 0 Å². The Morgan fingerprint density at radius 3 is 3.00 bits per heavy atom. The Balaban J connectivity index is 2.42. The summed E-state index contributed by atoms with van der Waals surface area (Å²) in [6, 6.07) is 1.55. The van der Waals surface area contributed by atoms with Crippen molar-refractivity contribution in [2.75, 3.05) is 6.61 Å². The number of hydrogen-bond acceptors (Lipinski definition) is 3. The average molecular weight is 207 g/mol. The number of rotatable bonds is 1. The van der Waals surface area contributed by atoms with E-state index >= 15 is 0 Å². The molecule has 4 nitrogen and oxygen atoms in total. The number of hydrogen-bond donors (Lipinski definition) is 1. The van der Waals surface area contributed by atoms with Crippen LogP contribution in [0.25, 0.3) is 0 Å². The van der Waals surface area contributed by atoms with Gasteiger partial charge in [0, 0.05) is 12.1 Å². The van der Waals surface area contributed by atoms with Crippen molar-refractivity contribution in [1.82, 2.24) is 4.98 Å². The van der Waals surface area contributed by atoms with Crippen molar-refractivity contribution in [2.24, 2.45) is 5.92 Å². The van der Waals surface area contributed by atoms with Crippen LogP contribution in [0.5, 0.6) is 5.75 Å². The van der Waals surface area contributed by atoms with Crippen LogP contribution in [0, 0.1) is 5.92 Å². The summed E-state index contributed by atoms with van der Waals surface area (Å²) < 4.78 is 5.47. The Kier molecular flexibility index (Phi) is 2.34. The van der Waals surface area contributed by atoms with Gasteiger partial charge in [0.25, 0.3) is 0 Å². The highest BCUT2D eigenvalue weighted by molar-refractivity contribution is 5.87. The number of carbonyl (C=O) groups is 1. The van der Waals surface area contributed by atoms with Gasteiger partial charge in [0.1, 0.15) is 5.75 Å². The van der Waals surface area contributed by atoms with Crippen molar-refractivity contribution in [3.8, 4) is 5.75 Å². The van der Waals surface area contributed by atoms with Crippen molar-refractivity contribution >= 4 is 5.97 Å². The Labute approximate surface area is 87.9 Å². The van der Waals surface area contributed by atoms with E-state index in [1.807, 2.05) is 0 Å². The molecule has 0 aliphatic carbocycles. The Hall–Kier alpha value is -1.58. The number of nitrogens with zero attached hydrogens (tertiary/aromatic N) is 1. The van der Waals surface area contributed by atoms with Gasteiger partial charge >= 0.3 is 5.97 Å². The predicted octanol–water partition coefficient (Wildman–Crippen LogP) is 1.91. The van der Waals surface area contributed by atoms with E-state index in [9.17, 15) is 4.79 Å². The maximum Gasteiger partial charge on any atom is 0.337 e. The largest absolute Gasteiger partial charge is 0.491 e. The standard InChI is InChI=1S/C11H13NO3/c1-6-5-15-9-3-8(11(13)14)4-12-10(9)7(6)2/h3-4,6-7H,5H2,1-2H3,(H,13,14). The van der Waals surface area contributed by atoms with Crippen molar-refractivity contribution in [3.63, 3.8) is 0 Å². The molecule has 1 aliphatic heterocycles. The molecule has 0 amide bonds. The molecule has 0 radical (unpaired) electrons. The van der Waals surface area contributed by atoms with Crippen LogP contribution >= 0.6 is 0 Å². The normalized spacial score (nSPS) is 24.1. The monoisotopic (exact) mass is 207 g/mol. The minimum Gasteiger partial charge on any atom is -0.491 e. The number of aromatic nitrogens is 1. The Bertz CT molecular complexity index is 403. The second kappa shape index (κ2) is 3.53. The lowest BCUT2D eigenvalue weighted by Gasteiger charge is -2.27. The summed E-state index contributed by atoms with van der Waals surface area (Å²) in [5.41, 5.74) is 1.04. The summed E-state index contributed by atoms with van der Waals surface area (Å²) in [4.78, 5) is 14.9. The van der Waals surface area contributed by atoms with E-state index in [0.29, 0.717) is 24.2 Å². The SMILES string of the molecule is CC1COc2cc(C(=O)O)cnc2C1C. The number of ether oxygens (including phenoxy) is 1. The Morgan fingerprint density at radius 2 is 2.33 bits per heavy atom. The van der Waals surface area contributed by atoms with Crippen LogP contribution in [-0.2, 0) is 0 Å². The van der Waals surface area contributed by atoms with Crippen molar-refractivity contribution in [2.45, 2.75) is 19.8 Å². The first kappa shape index (κ1) is 9.96. The van der Waals surface area contributed by atoms with E-state index in [1.165, 1.54) is 6.20 Å². The highest BCUT2D eigenvalue weighted by atomic mass is 16.5. The van der Waals surface area contributed by atoms with Gasteiger partial charge in [0.05, 0.1) is 17.9 Å². The van der Waals surface area contributed by atoms with E-state index < -0.39 is 5.97 Å². The molecule has 0 fully saturated rings. The molecule has 4 heteroatoms. The lowest BCUT2D eigenvalue weighted by atomic mass is 9.90. The molecular formula is C11H13NO3. The second-order valence-electron chi connectivity index (χ2n) is 3.99. The molecular weight excluding hydrogens is 194 g/mol. The Morgan fingerprint density at radius 1 is 1.60 bits per heavy atom. The maximum absolute atomic E-state index is 10.7. The molecule has 15 heavy (non-hydrogen) atoms. The van der Waals surface area contributed by atoms with Crippen LogP contribution in [-0.4, -0.2) is 22.7 Å². The zero-order valence-electron chi connectivity index (χ0n) is 8.73. The van der Waals surface area contributed by atoms with Crippen LogP contribution in [0.3, 0.4) is 0 Å². The first-order valence-corrected chi connectivity index (χ1v) is 4.95. The van der Waals surface area contributed by atoms with E-state index in [0.717, 1.165) is 5.69 Å². The van der Waals surface area contributed by atoms with E-state index in [2.05, 4.69) is 18.8 Å². The van der Waals surface area contributed by atoms with Crippen molar-refractivity contribution < 1.29 is 14.6 Å². The molecule has 80 valence electrons. The summed E-state index contributed by atoms with van der Waals surface area (Å²) in [5, 5.41) is 8.81. The lowest BCUT2D eigenvalue weighted by Crippen LogP contribution is -2.23. The molecule has 0 saturated heterocycles. The molecule has 0 spiro atoms. The van der Waals surface area contributed by atoms with Crippen LogP contribution in [0.2, 0.25) is 0 Å². The fourth-order valence-electron chi connectivity index (χ4n) is 1.66.